The number of pyridine rings is 3. The van der Waals surface area contributed by atoms with E-state index in [0.29, 0.717) is 38.7 Å². The molecule has 5 heteroatoms. The van der Waals surface area contributed by atoms with Gasteiger partial charge in [0.25, 0.3) is 0 Å². The Balaban J connectivity index is 0.000000222. The number of aryl methyl sites for hydroxylation is 5. The van der Waals surface area contributed by atoms with Crippen molar-refractivity contribution in [1.29, 1.82) is 0 Å². The van der Waals surface area contributed by atoms with Gasteiger partial charge in [-0.1, -0.05) is 90.1 Å². The van der Waals surface area contributed by atoms with Crippen LogP contribution in [0.5, 0.6) is 0 Å². The van der Waals surface area contributed by atoms with Gasteiger partial charge < -0.3 is 14.4 Å². The van der Waals surface area contributed by atoms with Gasteiger partial charge in [-0.15, -0.1) is 53.6 Å². The van der Waals surface area contributed by atoms with E-state index in [4.69, 9.17) is 27.7 Å². The molecule has 0 aliphatic heterocycles. The first kappa shape index (κ1) is 19.2. The van der Waals surface area contributed by atoms with Crippen LogP contribution in [0.4, 0.5) is 0 Å². The molecule has 4 aromatic heterocycles. The molecule has 0 amide bonds. The second-order valence-corrected chi connectivity index (χ2v) is 11.0. The summed E-state index contributed by atoms with van der Waals surface area (Å²) in [5, 5.41) is 1.30. The Bertz CT molecular complexity index is 3050. The van der Waals surface area contributed by atoms with Crippen molar-refractivity contribution in [2.45, 2.75) is 40.6 Å². The Morgan fingerprint density at radius 3 is 2.28 bits per heavy atom. The third-order valence-electron chi connectivity index (χ3n) is 7.71. The van der Waals surface area contributed by atoms with Gasteiger partial charge in [0.05, 0.1) is 5.58 Å². The molecule has 0 saturated heterocycles. The van der Waals surface area contributed by atoms with Crippen molar-refractivity contribution in [1.82, 2.24) is 15.0 Å². The molecule has 0 bridgehead atoms. The summed E-state index contributed by atoms with van der Waals surface area (Å²) in [5.74, 6) is 0. The summed E-state index contributed by atoms with van der Waals surface area (Å²) >= 11 is 0. The van der Waals surface area contributed by atoms with Crippen LogP contribution in [0.2, 0.25) is 0 Å². The largest absolute Gasteiger partial charge is 0.486 e. The Hall–Kier alpha value is -5.22. The van der Waals surface area contributed by atoms with Crippen molar-refractivity contribution in [3.63, 3.8) is 0 Å². The van der Waals surface area contributed by atoms with E-state index >= 15 is 0 Å². The topological polar surface area (TPSA) is 51.8 Å². The van der Waals surface area contributed by atoms with E-state index in [1.807, 2.05) is 6.07 Å². The van der Waals surface area contributed by atoms with E-state index in [1.54, 1.807) is 72.8 Å². The fourth-order valence-corrected chi connectivity index (χ4v) is 5.27. The maximum Gasteiger partial charge on any atom is 0.216 e. The minimum Gasteiger partial charge on any atom is -0.486 e. The van der Waals surface area contributed by atoms with Crippen LogP contribution in [0.25, 0.3) is 55.7 Å². The number of aromatic nitrogens is 3. The van der Waals surface area contributed by atoms with E-state index in [-0.39, 0.29) is 76.2 Å². The molecule has 0 fully saturated rings. The molecule has 0 saturated carbocycles. The van der Waals surface area contributed by atoms with Gasteiger partial charge in [0, 0.05) is 73.3 Å². The summed E-state index contributed by atoms with van der Waals surface area (Å²) < 4.78 is 139. The van der Waals surface area contributed by atoms with E-state index in [0.717, 1.165) is 6.20 Å². The van der Waals surface area contributed by atoms with Gasteiger partial charge in [-0.3, -0.25) is 0 Å². The Morgan fingerprint density at radius 1 is 0.680 bits per heavy atom. The minimum absolute atomic E-state index is 0. The third kappa shape index (κ3) is 7.35. The monoisotopic (exact) mass is 845 g/mol. The maximum atomic E-state index is 8.59. The summed E-state index contributed by atoms with van der Waals surface area (Å²) in [4.78, 5) is 12.9. The third-order valence-corrected chi connectivity index (χ3v) is 7.71. The van der Waals surface area contributed by atoms with Crippen molar-refractivity contribution in [2.75, 3.05) is 0 Å². The normalized spacial score (nSPS) is 17.4. The Kier molecular flexibility index (Phi) is 5.82. The zero-order valence-electron chi connectivity index (χ0n) is 43.1. The summed E-state index contributed by atoms with van der Waals surface area (Å²) in [5.41, 5.74) is 2.50. The maximum absolute atomic E-state index is 8.59. The van der Waals surface area contributed by atoms with Crippen LogP contribution >= 0.6 is 0 Å². The first-order valence-corrected chi connectivity index (χ1v) is 15.1. The smallest absolute Gasteiger partial charge is 0.216 e. The average Bonchev–Trinajstić information content (AvgIpc) is 3.63. The molecule has 4 aromatic carbocycles. The van der Waals surface area contributed by atoms with Gasteiger partial charge in [0.15, 0.2) is 0 Å². The quantitative estimate of drug-likeness (QED) is 0.162. The Morgan fingerprint density at radius 2 is 1.48 bits per heavy atom. The summed E-state index contributed by atoms with van der Waals surface area (Å²) in [6.45, 7) is -12.5. The molecular formula is C45H37IrN3O-2. The zero-order valence-corrected chi connectivity index (χ0v) is 28.5. The van der Waals surface area contributed by atoms with Crippen molar-refractivity contribution < 1.29 is 47.8 Å². The number of hydrogen-bond acceptors (Lipinski definition) is 4. The molecule has 4 heterocycles. The number of fused-ring (bicyclic) bond motifs is 3. The number of rotatable bonds is 5. The molecule has 0 aliphatic rings. The second-order valence-electron chi connectivity index (χ2n) is 11.0. The summed E-state index contributed by atoms with van der Waals surface area (Å²) in [7, 11) is 0. The molecule has 4 nitrogen and oxygen atoms in total. The van der Waals surface area contributed by atoms with E-state index in [2.05, 4.69) is 27.1 Å². The van der Waals surface area contributed by atoms with Crippen LogP contribution in [0.3, 0.4) is 0 Å². The molecule has 8 rings (SSSR count). The molecule has 0 atom stereocenters. The van der Waals surface area contributed by atoms with Crippen LogP contribution in [-0.4, -0.2) is 15.0 Å². The van der Waals surface area contributed by atoms with Crippen molar-refractivity contribution in [3.05, 3.63) is 173 Å². The molecular weight excluding hydrogens is 791 g/mol. The second kappa shape index (κ2) is 15.1. The molecule has 0 aliphatic carbocycles. The standard InChI is InChI=1S/C25H19N2O.C20H18N.Ir/c1-16-13-23(26-15-17(16)2)22-10-6-9-20-21-12-11-19(27-25(21)28-24(20)22)14-18-7-4-3-5-8-18;1-14-8-10-17(11-9-14)20-12-19(16(3)13-21-20)18-7-5-4-6-15(18)2;/h3-9,11-13,15H,14H2,1-2H3;4-10,12-13H,1-3H3;/q2*-1;/i1D3,2D3,14D2;1D3,2D3,3D3;. The predicted octanol–water partition coefficient (Wildman–Crippen LogP) is 11.2. The van der Waals surface area contributed by atoms with Gasteiger partial charge in [0.2, 0.25) is 5.71 Å². The fourth-order valence-electron chi connectivity index (χ4n) is 5.27. The molecule has 1 radical (unpaired) electrons. The minimum atomic E-state index is -2.66. The SMILES string of the molecule is [2H]C([2H])([2H])c1c[c-]c(-c2cc(-c3ccccc3C([2H])([2H])[2H])c(C([2H])([2H])[2H])cn2)cc1.[2H]C([2H])([2H])c1cnc(-c2[c-]ccc3c2oc2nc(C([2H])([2H])c4ccccc4)ccc23)cc1C([2H])([2H])[2H].[Ir]. The molecule has 0 unspecified atom stereocenters. The number of nitrogens with zero attached hydrogens (tertiary/aromatic N) is 3. The Labute approximate surface area is 331 Å². The first-order chi connectivity index (χ1) is 30.7. The predicted molar refractivity (Wildman–Crippen MR) is 200 cm³/mol. The average molecular weight is 845 g/mol. The fraction of sp³-hybridized carbons (Fsp3) is 0.133. The molecule has 249 valence electrons. The van der Waals surface area contributed by atoms with Crippen molar-refractivity contribution in [3.8, 4) is 33.6 Å². The first-order valence-electron chi connectivity index (χ1n) is 23.6. The van der Waals surface area contributed by atoms with Gasteiger partial charge in [0.1, 0.15) is 0 Å². The molecule has 50 heavy (non-hydrogen) atoms. The summed E-state index contributed by atoms with van der Waals surface area (Å²) in [6, 6.07) is 34.6. The van der Waals surface area contributed by atoms with E-state index in [1.165, 1.54) is 36.5 Å². The van der Waals surface area contributed by atoms with Gasteiger partial charge in [-0.05, 0) is 84.3 Å². The summed E-state index contributed by atoms with van der Waals surface area (Å²) in [6.07, 6.45) is 0.411. The number of hydrogen-bond donors (Lipinski definition) is 0. The van der Waals surface area contributed by atoms with Crippen LogP contribution in [-0.2, 0) is 26.5 Å². The van der Waals surface area contributed by atoms with Crippen LogP contribution < -0.4 is 0 Å². The van der Waals surface area contributed by atoms with E-state index < -0.39 is 40.6 Å². The van der Waals surface area contributed by atoms with Gasteiger partial charge in [-0.2, -0.15) is 0 Å². The molecule has 0 spiro atoms. The number of benzene rings is 4. The van der Waals surface area contributed by atoms with Crippen molar-refractivity contribution in [2.24, 2.45) is 0 Å². The van der Waals surface area contributed by atoms with E-state index in [9.17, 15) is 0 Å². The molecule has 8 aromatic rings. The van der Waals surface area contributed by atoms with Gasteiger partial charge >= 0.3 is 0 Å². The molecule has 0 N–H and O–H groups in total. The van der Waals surface area contributed by atoms with Crippen LogP contribution in [0, 0.1) is 46.4 Å². The van der Waals surface area contributed by atoms with Crippen LogP contribution in [0.1, 0.15) is 62.4 Å². The van der Waals surface area contributed by atoms with Crippen molar-refractivity contribution >= 4 is 22.1 Å². The zero-order chi connectivity index (χ0) is 48.2. The number of furan rings is 1. The van der Waals surface area contributed by atoms with Crippen LogP contribution in [0.15, 0.2) is 126 Å². The van der Waals surface area contributed by atoms with Gasteiger partial charge in [-0.25, -0.2) is 4.98 Å².